The first-order valence-electron chi connectivity index (χ1n) is 5.22. The average molecular weight is 202 g/mol. The van der Waals surface area contributed by atoms with Crippen molar-refractivity contribution in [3.8, 4) is 0 Å². The molecule has 0 bridgehead atoms. The monoisotopic (exact) mass is 202 g/mol. The second-order valence-electron chi connectivity index (χ2n) is 3.74. The number of hydrogen-bond acceptors (Lipinski definition) is 2. The van der Waals surface area contributed by atoms with Crippen LogP contribution in [0.15, 0.2) is 36.1 Å². The number of hydrogen-bond donors (Lipinski definition) is 0. The van der Waals surface area contributed by atoms with E-state index in [2.05, 4.69) is 0 Å². The van der Waals surface area contributed by atoms with Crippen molar-refractivity contribution in [2.45, 2.75) is 20.3 Å². The molecule has 2 heteroatoms. The van der Waals surface area contributed by atoms with Crippen molar-refractivity contribution in [2.24, 2.45) is 5.92 Å². The van der Waals surface area contributed by atoms with Crippen LogP contribution >= 0.6 is 0 Å². The van der Waals surface area contributed by atoms with Crippen LogP contribution in [0.25, 0.3) is 5.57 Å². The molecule has 78 valence electrons. The smallest absolute Gasteiger partial charge is 0.321 e. The van der Waals surface area contributed by atoms with Gasteiger partial charge in [-0.2, -0.15) is 0 Å². The molecule has 15 heavy (non-hydrogen) atoms. The molecule has 0 N–H and O–H groups in total. The average Bonchev–Trinajstić information content (AvgIpc) is 2.26. The lowest BCUT2D eigenvalue weighted by Gasteiger charge is -2.28. The minimum atomic E-state index is -0.0946. The minimum absolute atomic E-state index is 0.0230. The van der Waals surface area contributed by atoms with E-state index in [1.54, 1.807) is 0 Å². The largest absolute Gasteiger partial charge is 0.429 e. The Hall–Kier alpha value is -1.57. The van der Waals surface area contributed by atoms with Crippen LogP contribution in [-0.2, 0) is 9.53 Å². The quantitative estimate of drug-likeness (QED) is 0.689. The third kappa shape index (κ3) is 1.67. The van der Waals surface area contributed by atoms with E-state index in [1.165, 1.54) is 0 Å². The van der Waals surface area contributed by atoms with Crippen molar-refractivity contribution in [3.05, 3.63) is 41.7 Å². The van der Waals surface area contributed by atoms with Gasteiger partial charge in [-0.25, -0.2) is 0 Å². The first-order valence-corrected chi connectivity index (χ1v) is 5.22. The molecule has 1 atom stereocenters. The highest BCUT2D eigenvalue weighted by Crippen LogP contribution is 2.35. The molecular weight excluding hydrogens is 188 g/mol. The number of carbonyl (C=O) groups excluding carboxylic acids is 1. The van der Waals surface area contributed by atoms with Crippen molar-refractivity contribution in [3.63, 3.8) is 0 Å². The zero-order valence-electron chi connectivity index (χ0n) is 8.99. The maximum atomic E-state index is 11.2. The van der Waals surface area contributed by atoms with Crippen LogP contribution in [0.4, 0.5) is 0 Å². The van der Waals surface area contributed by atoms with Gasteiger partial charge in [-0.15, -0.1) is 0 Å². The molecule has 1 unspecified atom stereocenters. The lowest BCUT2D eigenvalue weighted by atomic mass is 9.93. The van der Waals surface area contributed by atoms with Crippen LogP contribution in [0.5, 0.6) is 0 Å². The molecule has 1 aliphatic heterocycles. The van der Waals surface area contributed by atoms with Crippen LogP contribution in [0.2, 0.25) is 0 Å². The summed E-state index contributed by atoms with van der Waals surface area (Å²) in [4.78, 5) is 11.2. The normalized spacial score (nSPS) is 23.1. The summed E-state index contributed by atoms with van der Waals surface area (Å²) in [5.41, 5.74) is 2.19. The van der Waals surface area contributed by atoms with Crippen molar-refractivity contribution < 1.29 is 9.53 Å². The maximum absolute atomic E-state index is 11.2. The van der Waals surface area contributed by atoms with Crippen LogP contribution in [0.1, 0.15) is 25.8 Å². The van der Waals surface area contributed by atoms with Crippen molar-refractivity contribution in [1.82, 2.24) is 0 Å². The topological polar surface area (TPSA) is 26.3 Å². The van der Waals surface area contributed by atoms with E-state index >= 15 is 0 Å². The third-order valence-electron chi connectivity index (χ3n) is 2.80. The van der Waals surface area contributed by atoms with Crippen LogP contribution in [0.3, 0.4) is 0 Å². The molecule has 0 saturated carbocycles. The highest BCUT2D eigenvalue weighted by molar-refractivity contribution is 5.88. The van der Waals surface area contributed by atoms with Gasteiger partial charge in [0, 0.05) is 0 Å². The standard InChI is InChI=1S/C13H14O2/c1-3-11-12(15-13(11)14)9(2)10-7-5-4-6-8-10/h4-8,11H,3H2,1-2H3/b12-9-. The molecule has 0 amide bonds. The summed E-state index contributed by atoms with van der Waals surface area (Å²) in [6, 6.07) is 10.0. The molecule has 0 spiro atoms. The van der Waals surface area contributed by atoms with Crippen LogP contribution in [0, 0.1) is 5.92 Å². The van der Waals surface area contributed by atoms with Gasteiger partial charge in [0.05, 0.1) is 0 Å². The molecule has 1 heterocycles. The number of cyclic esters (lactones) is 1. The fraction of sp³-hybridized carbons (Fsp3) is 0.308. The number of carbonyl (C=O) groups is 1. The van der Waals surface area contributed by atoms with Gasteiger partial charge in [-0.1, -0.05) is 37.3 Å². The van der Waals surface area contributed by atoms with Gasteiger partial charge in [0.1, 0.15) is 11.7 Å². The third-order valence-corrected chi connectivity index (χ3v) is 2.80. The number of benzene rings is 1. The van der Waals surface area contributed by atoms with E-state index in [9.17, 15) is 4.79 Å². The number of rotatable bonds is 2. The van der Waals surface area contributed by atoms with Gasteiger partial charge in [0.25, 0.3) is 0 Å². The maximum Gasteiger partial charge on any atom is 0.321 e. The first-order chi connectivity index (χ1) is 7.24. The van der Waals surface area contributed by atoms with Crippen molar-refractivity contribution in [1.29, 1.82) is 0 Å². The molecule has 0 aliphatic carbocycles. The summed E-state index contributed by atoms with van der Waals surface area (Å²) >= 11 is 0. The summed E-state index contributed by atoms with van der Waals surface area (Å²) < 4.78 is 5.10. The zero-order chi connectivity index (χ0) is 10.8. The Labute approximate surface area is 89.6 Å². The second kappa shape index (κ2) is 3.89. The van der Waals surface area contributed by atoms with E-state index in [1.807, 2.05) is 44.2 Å². The molecule has 1 aliphatic rings. The predicted octanol–water partition coefficient (Wildman–Crippen LogP) is 3.00. The minimum Gasteiger partial charge on any atom is -0.429 e. The predicted molar refractivity (Wildman–Crippen MR) is 58.9 cm³/mol. The Kier molecular flexibility index (Phi) is 2.58. The summed E-state index contributed by atoms with van der Waals surface area (Å²) in [6.07, 6.45) is 0.818. The van der Waals surface area contributed by atoms with Crippen molar-refractivity contribution in [2.75, 3.05) is 0 Å². The van der Waals surface area contributed by atoms with E-state index in [0.717, 1.165) is 23.3 Å². The summed E-state index contributed by atoms with van der Waals surface area (Å²) in [5, 5.41) is 0. The van der Waals surface area contributed by atoms with Gasteiger partial charge >= 0.3 is 5.97 Å². The van der Waals surface area contributed by atoms with Gasteiger partial charge in [-0.3, -0.25) is 4.79 Å². The van der Waals surface area contributed by atoms with Gasteiger partial charge in [0.2, 0.25) is 0 Å². The van der Waals surface area contributed by atoms with E-state index in [-0.39, 0.29) is 11.9 Å². The number of ether oxygens (including phenoxy) is 1. The lowest BCUT2D eigenvalue weighted by Crippen LogP contribution is -2.32. The van der Waals surface area contributed by atoms with E-state index in [4.69, 9.17) is 4.74 Å². The zero-order valence-corrected chi connectivity index (χ0v) is 8.99. The highest BCUT2D eigenvalue weighted by atomic mass is 16.6. The second-order valence-corrected chi connectivity index (χ2v) is 3.74. The first kappa shape index (κ1) is 9.97. The van der Waals surface area contributed by atoms with Crippen LogP contribution < -0.4 is 0 Å². The van der Waals surface area contributed by atoms with E-state index < -0.39 is 0 Å². The fourth-order valence-electron chi connectivity index (χ4n) is 1.82. The Morgan fingerprint density at radius 3 is 2.53 bits per heavy atom. The lowest BCUT2D eigenvalue weighted by molar-refractivity contribution is -0.156. The highest BCUT2D eigenvalue weighted by Gasteiger charge is 2.37. The molecule has 1 aromatic carbocycles. The SMILES string of the molecule is CCC1C(=O)O/C1=C(/C)c1ccccc1. The summed E-state index contributed by atoms with van der Waals surface area (Å²) in [7, 11) is 0. The Balaban J connectivity index is 2.31. The molecule has 0 aromatic heterocycles. The molecule has 2 nitrogen and oxygen atoms in total. The number of esters is 1. The van der Waals surface area contributed by atoms with Crippen molar-refractivity contribution >= 4 is 11.5 Å². The number of allylic oxidation sites excluding steroid dienone is 1. The molecule has 1 aromatic rings. The summed E-state index contributed by atoms with van der Waals surface area (Å²) in [6.45, 7) is 4.00. The fourth-order valence-corrected chi connectivity index (χ4v) is 1.82. The summed E-state index contributed by atoms with van der Waals surface area (Å²) in [5.74, 6) is 0.724. The van der Waals surface area contributed by atoms with E-state index in [0.29, 0.717) is 0 Å². The molecular formula is C13H14O2. The van der Waals surface area contributed by atoms with Crippen LogP contribution in [-0.4, -0.2) is 5.97 Å². The Morgan fingerprint density at radius 1 is 1.33 bits per heavy atom. The molecule has 2 rings (SSSR count). The van der Waals surface area contributed by atoms with Gasteiger partial charge in [0.15, 0.2) is 0 Å². The molecule has 1 saturated heterocycles. The van der Waals surface area contributed by atoms with Gasteiger partial charge < -0.3 is 4.74 Å². The molecule has 1 fully saturated rings. The van der Waals surface area contributed by atoms with Gasteiger partial charge in [-0.05, 0) is 24.5 Å². The Bertz CT molecular complexity index is 404. The molecule has 0 radical (unpaired) electrons. The Morgan fingerprint density at radius 2 is 2.00 bits per heavy atom.